The number of aromatic nitrogens is 2. The van der Waals surface area contributed by atoms with Crippen LogP contribution in [0.4, 0.5) is 18.9 Å². The first-order valence-corrected chi connectivity index (χ1v) is 7.90. The maximum atomic E-state index is 12.4. The maximum Gasteiger partial charge on any atom is 0.470 e. The molecule has 1 aromatic carbocycles. The third-order valence-electron chi connectivity index (χ3n) is 3.94. The van der Waals surface area contributed by atoms with Gasteiger partial charge in [-0.05, 0) is 18.6 Å². The van der Waals surface area contributed by atoms with Crippen molar-refractivity contribution in [2.75, 3.05) is 18.0 Å². The van der Waals surface area contributed by atoms with E-state index in [-0.39, 0.29) is 24.8 Å². The van der Waals surface area contributed by atoms with E-state index < -0.39 is 23.9 Å². The molecule has 1 N–H and O–H groups in total. The third-order valence-corrected chi connectivity index (χ3v) is 3.94. The highest BCUT2D eigenvalue weighted by molar-refractivity contribution is 6.09. The van der Waals surface area contributed by atoms with Gasteiger partial charge in [0.15, 0.2) is 0 Å². The van der Waals surface area contributed by atoms with Gasteiger partial charge in [-0.3, -0.25) is 9.59 Å². The number of nitrogens with one attached hydrogen (secondary N) is 1. The Kier molecular flexibility index (Phi) is 4.92. The van der Waals surface area contributed by atoms with Crippen LogP contribution in [0.25, 0.3) is 0 Å². The van der Waals surface area contributed by atoms with Crippen LogP contribution < -0.4 is 10.2 Å². The lowest BCUT2D eigenvalue weighted by Gasteiger charge is -2.16. The average Bonchev–Trinajstić information content (AvgIpc) is 3.22. The molecule has 2 heterocycles. The predicted octanol–water partition coefficient (Wildman–Crippen LogP) is 1.80. The van der Waals surface area contributed by atoms with Gasteiger partial charge in [0.2, 0.25) is 17.7 Å². The molecular formula is C16H15F3N4O3. The third kappa shape index (κ3) is 3.84. The summed E-state index contributed by atoms with van der Waals surface area (Å²) in [5.41, 5.74) is 0.721. The Morgan fingerprint density at radius 3 is 2.65 bits per heavy atom. The number of rotatable bonds is 5. The first kappa shape index (κ1) is 17.9. The van der Waals surface area contributed by atoms with Crippen molar-refractivity contribution in [3.63, 3.8) is 0 Å². The van der Waals surface area contributed by atoms with Crippen molar-refractivity contribution in [2.45, 2.75) is 19.0 Å². The Labute approximate surface area is 146 Å². The molecule has 2 amide bonds. The number of para-hydroxylation sites is 1. The normalized spacial score (nSPS) is 17.6. The summed E-state index contributed by atoms with van der Waals surface area (Å²) in [5, 5.41) is 8.71. The minimum Gasteiger partial charge on any atom is -0.417 e. The van der Waals surface area contributed by atoms with Crippen molar-refractivity contribution in [1.29, 1.82) is 0 Å². The number of anilines is 1. The topological polar surface area (TPSA) is 88.3 Å². The molecule has 0 bridgehead atoms. The molecule has 1 unspecified atom stereocenters. The predicted molar refractivity (Wildman–Crippen MR) is 82.9 cm³/mol. The molecule has 0 saturated carbocycles. The Morgan fingerprint density at radius 1 is 1.27 bits per heavy atom. The lowest BCUT2D eigenvalue weighted by Crippen LogP contribution is -2.37. The fraction of sp³-hybridized carbons (Fsp3) is 0.375. The lowest BCUT2D eigenvalue weighted by molar-refractivity contribution is -0.157. The van der Waals surface area contributed by atoms with E-state index in [1.54, 1.807) is 24.3 Å². The van der Waals surface area contributed by atoms with Gasteiger partial charge in [-0.1, -0.05) is 18.2 Å². The number of amides is 2. The van der Waals surface area contributed by atoms with Gasteiger partial charge in [0.25, 0.3) is 0 Å². The van der Waals surface area contributed by atoms with Crippen molar-refractivity contribution in [1.82, 2.24) is 15.5 Å². The number of carbonyl (C=O) groups excluding carboxylic acids is 2. The summed E-state index contributed by atoms with van der Waals surface area (Å²) in [7, 11) is 0. The minimum absolute atomic E-state index is 0.00651. The molecular weight excluding hydrogens is 353 g/mol. The van der Waals surface area contributed by atoms with Crippen LogP contribution in [0.1, 0.15) is 18.2 Å². The van der Waals surface area contributed by atoms with Gasteiger partial charge >= 0.3 is 12.1 Å². The first-order valence-electron chi connectivity index (χ1n) is 7.90. The molecule has 7 nitrogen and oxygen atoms in total. The van der Waals surface area contributed by atoms with Crippen LogP contribution in [0, 0.1) is 5.92 Å². The molecule has 1 aliphatic rings. The van der Waals surface area contributed by atoms with Gasteiger partial charge < -0.3 is 14.6 Å². The number of carbonyl (C=O) groups is 2. The second kappa shape index (κ2) is 7.14. The Hall–Kier alpha value is -2.91. The quantitative estimate of drug-likeness (QED) is 0.813. The number of halogens is 3. The highest BCUT2D eigenvalue weighted by Gasteiger charge is 2.39. The molecule has 1 fully saturated rings. The molecule has 26 heavy (non-hydrogen) atoms. The number of benzene rings is 1. The standard InChI is InChI=1S/C16H15F3N4O3/c17-16(18,19)15-22-21-12(26-15)6-8-20-13(24)11-7-9-23(14(11)25)10-4-2-1-3-5-10/h1-5,11H,6-9H2,(H,20,24). The van der Waals surface area contributed by atoms with E-state index >= 15 is 0 Å². The van der Waals surface area contributed by atoms with Gasteiger partial charge in [0.1, 0.15) is 5.92 Å². The fourth-order valence-corrected chi connectivity index (χ4v) is 2.67. The average molecular weight is 368 g/mol. The number of hydrogen-bond acceptors (Lipinski definition) is 5. The van der Waals surface area contributed by atoms with Crippen molar-refractivity contribution >= 4 is 17.5 Å². The van der Waals surface area contributed by atoms with E-state index in [1.165, 1.54) is 4.90 Å². The van der Waals surface area contributed by atoms with Crippen LogP contribution in [0.2, 0.25) is 0 Å². The Bertz CT molecular complexity index is 792. The molecule has 1 atom stereocenters. The Morgan fingerprint density at radius 2 is 2.00 bits per heavy atom. The van der Waals surface area contributed by atoms with Gasteiger partial charge in [0, 0.05) is 25.2 Å². The van der Waals surface area contributed by atoms with Crippen LogP contribution in [0.3, 0.4) is 0 Å². The zero-order valence-electron chi connectivity index (χ0n) is 13.5. The zero-order chi connectivity index (χ0) is 18.7. The van der Waals surface area contributed by atoms with Crippen LogP contribution in [-0.2, 0) is 22.2 Å². The highest BCUT2D eigenvalue weighted by Crippen LogP contribution is 2.28. The van der Waals surface area contributed by atoms with E-state index in [0.717, 1.165) is 5.69 Å². The molecule has 1 aromatic heterocycles. The van der Waals surface area contributed by atoms with E-state index in [4.69, 9.17) is 0 Å². The molecule has 0 spiro atoms. The van der Waals surface area contributed by atoms with Crippen molar-refractivity contribution < 1.29 is 27.2 Å². The smallest absolute Gasteiger partial charge is 0.417 e. The van der Waals surface area contributed by atoms with Crippen LogP contribution in [0.15, 0.2) is 34.7 Å². The fourth-order valence-electron chi connectivity index (χ4n) is 2.67. The van der Waals surface area contributed by atoms with Crippen LogP contribution in [-0.4, -0.2) is 35.1 Å². The van der Waals surface area contributed by atoms with Gasteiger partial charge in [-0.25, -0.2) is 0 Å². The second-order valence-corrected chi connectivity index (χ2v) is 5.71. The number of nitrogens with zero attached hydrogens (tertiary/aromatic N) is 3. The SMILES string of the molecule is O=C(NCCc1nnc(C(F)(F)F)o1)C1CCN(c2ccccc2)C1=O. The summed E-state index contributed by atoms with van der Waals surface area (Å²) >= 11 is 0. The van der Waals surface area contributed by atoms with E-state index in [0.29, 0.717) is 13.0 Å². The molecule has 138 valence electrons. The van der Waals surface area contributed by atoms with Gasteiger partial charge in [0.05, 0.1) is 0 Å². The van der Waals surface area contributed by atoms with Crippen molar-refractivity contribution in [3.8, 4) is 0 Å². The summed E-state index contributed by atoms with van der Waals surface area (Å²) in [6.45, 7) is 0.424. The maximum absolute atomic E-state index is 12.4. The summed E-state index contributed by atoms with van der Waals surface area (Å²) in [4.78, 5) is 26.1. The summed E-state index contributed by atoms with van der Waals surface area (Å²) < 4.78 is 41.6. The lowest BCUT2D eigenvalue weighted by atomic mass is 10.1. The monoisotopic (exact) mass is 368 g/mol. The summed E-state index contributed by atoms with van der Waals surface area (Å²) in [6, 6.07) is 9.00. The highest BCUT2D eigenvalue weighted by atomic mass is 19.4. The number of hydrogen-bond donors (Lipinski definition) is 1. The molecule has 3 rings (SSSR count). The van der Waals surface area contributed by atoms with Crippen LogP contribution >= 0.6 is 0 Å². The second-order valence-electron chi connectivity index (χ2n) is 5.71. The molecule has 0 radical (unpaired) electrons. The van der Waals surface area contributed by atoms with Crippen LogP contribution in [0.5, 0.6) is 0 Å². The largest absolute Gasteiger partial charge is 0.470 e. The minimum atomic E-state index is -4.70. The van der Waals surface area contributed by atoms with E-state index in [9.17, 15) is 22.8 Å². The van der Waals surface area contributed by atoms with Crippen molar-refractivity contribution in [2.24, 2.45) is 5.92 Å². The Balaban J connectivity index is 1.51. The molecule has 2 aromatic rings. The molecule has 10 heteroatoms. The van der Waals surface area contributed by atoms with Crippen molar-refractivity contribution in [3.05, 3.63) is 42.1 Å². The van der Waals surface area contributed by atoms with Gasteiger partial charge in [-0.15, -0.1) is 10.2 Å². The van der Waals surface area contributed by atoms with E-state index in [1.807, 2.05) is 6.07 Å². The molecule has 0 aliphatic carbocycles. The summed E-state index contributed by atoms with van der Waals surface area (Å²) in [6.07, 6.45) is -4.39. The molecule has 1 saturated heterocycles. The number of alkyl halides is 3. The zero-order valence-corrected chi connectivity index (χ0v) is 13.5. The van der Waals surface area contributed by atoms with E-state index in [2.05, 4.69) is 19.9 Å². The first-order chi connectivity index (χ1) is 12.4. The van der Waals surface area contributed by atoms with Gasteiger partial charge in [-0.2, -0.15) is 13.2 Å². The molecule has 1 aliphatic heterocycles. The summed E-state index contributed by atoms with van der Waals surface area (Å²) in [5.74, 6) is -3.25.